The van der Waals surface area contributed by atoms with Gasteiger partial charge in [-0.25, -0.2) is 8.78 Å². The van der Waals surface area contributed by atoms with E-state index < -0.39 is 23.2 Å². The Morgan fingerprint density at radius 2 is 2.16 bits per heavy atom. The van der Waals surface area contributed by atoms with E-state index >= 15 is 0 Å². The van der Waals surface area contributed by atoms with Gasteiger partial charge >= 0.3 is 6.01 Å². The Hall–Kier alpha value is -4.07. The van der Waals surface area contributed by atoms with E-state index in [2.05, 4.69) is 27.9 Å². The van der Waals surface area contributed by atoms with Gasteiger partial charge in [-0.3, -0.25) is 9.59 Å². The minimum atomic E-state index is -1.08. The zero-order valence-electron chi connectivity index (χ0n) is 21.3. The standard InChI is InChI=1S/C27H28F2N6O3/c1-15-11-19-18(20(29)12-15)5-4-7-27(19)13-21-22(32-25(27)37)23(33-26(31-21)38-3)34-9-10-35(24(36)16(2)28)17(14-34)6-8-30/h11-12,17H,2,4-7,9-10,13-14H2,1,3H3,(H,32,37). The van der Waals surface area contributed by atoms with Gasteiger partial charge in [-0.1, -0.05) is 12.6 Å². The maximum Gasteiger partial charge on any atom is 0.318 e. The molecule has 2 atom stereocenters. The summed E-state index contributed by atoms with van der Waals surface area (Å²) in [7, 11) is 1.44. The number of carbonyl (C=O) groups is 2. The third kappa shape index (κ3) is 4.14. The third-order valence-corrected chi connectivity index (χ3v) is 7.76. The number of halogens is 2. The first-order valence-electron chi connectivity index (χ1n) is 12.5. The highest BCUT2D eigenvalue weighted by atomic mass is 19.1. The van der Waals surface area contributed by atoms with Crippen molar-refractivity contribution in [2.75, 3.05) is 37.0 Å². The molecule has 1 saturated heterocycles. The van der Waals surface area contributed by atoms with Crippen LogP contribution < -0.4 is 15.0 Å². The first kappa shape index (κ1) is 25.6. The number of hydrogen-bond acceptors (Lipinski definition) is 7. The number of amides is 2. The maximum absolute atomic E-state index is 14.9. The van der Waals surface area contributed by atoms with E-state index in [1.54, 1.807) is 0 Å². The molecule has 1 fully saturated rings. The van der Waals surface area contributed by atoms with Crippen LogP contribution in [-0.4, -0.2) is 59.5 Å². The lowest BCUT2D eigenvalue weighted by Crippen LogP contribution is -2.56. The minimum absolute atomic E-state index is 0.0168. The lowest BCUT2D eigenvalue weighted by Gasteiger charge is -2.44. The number of nitrogens with zero attached hydrogens (tertiary/aromatic N) is 5. The SMILES string of the molecule is C=C(F)C(=O)N1CCN(c2nc(OC)nc3c2NC(=O)C2(CCCc4c(F)cc(C)cc42)C3)CC1CC#N. The summed E-state index contributed by atoms with van der Waals surface area (Å²) in [6.45, 7) is 5.51. The second kappa shape index (κ2) is 9.67. The lowest BCUT2D eigenvalue weighted by molar-refractivity contribution is -0.131. The van der Waals surface area contributed by atoms with Crippen LogP contribution in [0.5, 0.6) is 6.01 Å². The molecule has 2 aromatic rings. The number of benzene rings is 1. The van der Waals surface area contributed by atoms with Crippen LogP contribution in [0.4, 0.5) is 20.3 Å². The number of piperazine rings is 1. The van der Waals surface area contributed by atoms with Crippen LogP contribution >= 0.6 is 0 Å². The number of rotatable bonds is 4. The molecule has 0 radical (unpaired) electrons. The normalized spacial score (nSPS) is 22.3. The summed E-state index contributed by atoms with van der Waals surface area (Å²) in [5.74, 6) is -2.08. The van der Waals surface area contributed by atoms with Gasteiger partial charge in [-0.15, -0.1) is 0 Å². The summed E-state index contributed by atoms with van der Waals surface area (Å²) >= 11 is 0. The average Bonchev–Trinajstić information content (AvgIpc) is 2.89. The summed E-state index contributed by atoms with van der Waals surface area (Å²) in [5.41, 5.74) is 2.02. The fourth-order valence-electron chi connectivity index (χ4n) is 5.97. The number of nitrogens with one attached hydrogen (secondary N) is 1. The van der Waals surface area contributed by atoms with Crippen molar-refractivity contribution in [1.82, 2.24) is 14.9 Å². The summed E-state index contributed by atoms with van der Waals surface area (Å²) in [6.07, 6.45) is 2.01. The van der Waals surface area contributed by atoms with E-state index in [-0.39, 0.29) is 50.2 Å². The van der Waals surface area contributed by atoms with Crippen molar-refractivity contribution in [3.63, 3.8) is 0 Å². The van der Waals surface area contributed by atoms with Crippen molar-refractivity contribution in [3.05, 3.63) is 52.7 Å². The zero-order valence-corrected chi connectivity index (χ0v) is 21.3. The number of methoxy groups -OCH3 is 1. The molecular weight excluding hydrogens is 494 g/mol. The fourth-order valence-corrected chi connectivity index (χ4v) is 5.97. The van der Waals surface area contributed by atoms with Crippen LogP contribution in [0.3, 0.4) is 0 Å². The number of fused-ring (bicyclic) bond motifs is 3. The molecule has 3 heterocycles. The van der Waals surface area contributed by atoms with Crippen molar-refractivity contribution in [2.45, 2.75) is 50.5 Å². The Balaban J connectivity index is 1.55. The van der Waals surface area contributed by atoms with Crippen molar-refractivity contribution in [1.29, 1.82) is 5.26 Å². The predicted molar refractivity (Wildman–Crippen MR) is 135 cm³/mol. The molecule has 1 aromatic heterocycles. The Kier molecular flexibility index (Phi) is 6.51. The lowest BCUT2D eigenvalue weighted by atomic mass is 9.65. The second-order valence-electron chi connectivity index (χ2n) is 10.1. The van der Waals surface area contributed by atoms with Crippen molar-refractivity contribution in [2.24, 2.45) is 0 Å². The highest BCUT2D eigenvalue weighted by Gasteiger charge is 2.49. The molecule has 1 aliphatic carbocycles. The Bertz CT molecular complexity index is 1390. The van der Waals surface area contributed by atoms with E-state index in [9.17, 15) is 23.6 Å². The molecule has 1 spiro atoms. The fraction of sp³-hybridized carbons (Fsp3) is 0.444. The van der Waals surface area contributed by atoms with Gasteiger partial charge in [-0.2, -0.15) is 15.2 Å². The summed E-state index contributed by atoms with van der Waals surface area (Å²) in [6, 6.07) is 4.94. The zero-order chi connectivity index (χ0) is 27.2. The number of aromatic nitrogens is 2. The number of nitriles is 1. The van der Waals surface area contributed by atoms with Crippen molar-refractivity contribution in [3.8, 4) is 12.1 Å². The van der Waals surface area contributed by atoms with Gasteiger partial charge < -0.3 is 19.9 Å². The Labute approximate surface area is 219 Å². The highest BCUT2D eigenvalue weighted by molar-refractivity contribution is 6.04. The van der Waals surface area contributed by atoms with Crippen LogP contribution in [0.1, 0.15) is 41.6 Å². The number of hydrogen-bond donors (Lipinski definition) is 1. The molecule has 38 heavy (non-hydrogen) atoms. The minimum Gasteiger partial charge on any atom is -0.467 e. The summed E-state index contributed by atoms with van der Waals surface area (Å²) in [5, 5.41) is 12.3. The van der Waals surface area contributed by atoms with Crippen LogP contribution in [0, 0.1) is 24.1 Å². The van der Waals surface area contributed by atoms with Crippen LogP contribution in [0.25, 0.3) is 0 Å². The number of aryl methyl sites for hydroxylation is 1. The van der Waals surface area contributed by atoms with Crippen molar-refractivity contribution >= 4 is 23.3 Å². The molecule has 9 nitrogen and oxygen atoms in total. The predicted octanol–water partition coefficient (Wildman–Crippen LogP) is 3.12. The van der Waals surface area contributed by atoms with Gasteiger partial charge in [0.25, 0.3) is 5.91 Å². The van der Waals surface area contributed by atoms with Crippen LogP contribution in [0.15, 0.2) is 24.5 Å². The molecule has 0 saturated carbocycles. The van der Waals surface area contributed by atoms with Crippen molar-refractivity contribution < 1.29 is 23.1 Å². The highest BCUT2D eigenvalue weighted by Crippen LogP contribution is 2.47. The molecule has 198 valence electrons. The smallest absolute Gasteiger partial charge is 0.318 e. The average molecular weight is 523 g/mol. The molecule has 2 unspecified atom stereocenters. The van der Waals surface area contributed by atoms with E-state index in [0.717, 1.165) is 5.56 Å². The molecule has 3 aliphatic rings. The van der Waals surface area contributed by atoms with Gasteiger partial charge in [-0.05, 0) is 48.9 Å². The molecule has 11 heteroatoms. The summed E-state index contributed by atoms with van der Waals surface area (Å²) < 4.78 is 33.9. The molecule has 2 amide bonds. The first-order valence-corrected chi connectivity index (χ1v) is 12.5. The van der Waals surface area contributed by atoms with Gasteiger partial charge in [0.2, 0.25) is 5.91 Å². The van der Waals surface area contributed by atoms with Gasteiger partial charge in [0, 0.05) is 26.1 Å². The maximum atomic E-state index is 14.9. The molecule has 1 N–H and O–H groups in total. The molecular formula is C27H28F2N6O3. The van der Waals surface area contributed by atoms with Crippen LogP contribution in [0.2, 0.25) is 0 Å². The van der Waals surface area contributed by atoms with Crippen LogP contribution in [-0.2, 0) is 27.8 Å². The largest absolute Gasteiger partial charge is 0.467 e. The molecule has 2 aliphatic heterocycles. The van der Waals surface area contributed by atoms with E-state index in [1.807, 2.05) is 17.9 Å². The quantitative estimate of drug-likeness (QED) is 0.614. The second-order valence-corrected chi connectivity index (χ2v) is 10.1. The number of ether oxygens (including phenoxy) is 1. The molecule has 5 rings (SSSR count). The Morgan fingerprint density at radius 3 is 2.87 bits per heavy atom. The monoisotopic (exact) mass is 522 g/mol. The van der Waals surface area contributed by atoms with E-state index in [0.29, 0.717) is 47.6 Å². The van der Waals surface area contributed by atoms with E-state index in [1.165, 1.54) is 18.1 Å². The third-order valence-electron chi connectivity index (χ3n) is 7.76. The number of anilines is 2. The summed E-state index contributed by atoms with van der Waals surface area (Å²) in [4.78, 5) is 38.3. The van der Waals surface area contributed by atoms with Gasteiger partial charge in [0.15, 0.2) is 11.6 Å². The number of carbonyl (C=O) groups excluding carboxylic acids is 2. The van der Waals surface area contributed by atoms with Gasteiger partial charge in [0.05, 0.1) is 36.8 Å². The molecule has 1 aromatic carbocycles. The first-order chi connectivity index (χ1) is 18.2. The molecule has 0 bridgehead atoms. The Morgan fingerprint density at radius 1 is 1.37 bits per heavy atom. The van der Waals surface area contributed by atoms with E-state index in [4.69, 9.17) is 4.74 Å². The topological polar surface area (TPSA) is 111 Å². The van der Waals surface area contributed by atoms with Gasteiger partial charge in [0.1, 0.15) is 11.5 Å².